The summed E-state index contributed by atoms with van der Waals surface area (Å²) < 4.78 is 19.2. The average Bonchev–Trinajstić information content (AvgIpc) is 2.40. The van der Waals surface area contributed by atoms with Crippen molar-refractivity contribution in [2.24, 2.45) is 0 Å². The van der Waals surface area contributed by atoms with E-state index in [4.69, 9.17) is 21.6 Å². The Morgan fingerprint density at radius 2 is 2.05 bits per heavy atom. The molecule has 0 aromatic heterocycles. The highest BCUT2D eigenvalue weighted by Crippen LogP contribution is 2.26. The number of hydrogen-bond donors (Lipinski definition) is 0. The quantitative estimate of drug-likeness (QED) is 0.839. The van der Waals surface area contributed by atoms with Gasteiger partial charge in [-0.3, -0.25) is 0 Å². The van der Waals surface area contributed by atoms with E-state index in [0.717, 1.165) is 5.56 Å². The third kappa shape index (κ3) is 3.24. The molecule has 2 rings (SSSR count). The number of nitriles is 1. The van der Waals surface area contributed by atoms with Crippen molar-refractivity contribution < 1.29 is 9.13 Å². The van der Waals surface area contributed by atoms with Crippen molar-refractivity contribution in [3.05, 3.63) is 63.9 Å². The first kappa shape index (κ1) is 13.4. The van der Waals surface area contributed by atoms with E-state index in [2.05, 4.69) is 0 Å². The Labute approximate surface area is 116 Å². The van der Waals surface area contributed by atoms with Crippen LogP contribution < -0.4 is 4.74 Å². The second-order valence-corrected chi connectivity index (χ2v) is 4.55. The number of halogens is 2. The van der Waals surface area contributed by atoms with E-state index in [1.807, 2.05) is 19.1 Å². The first-order valence-corrected chi connectivity index (χ1v) is 6.05. The highest BCUT2D eigenvalue weighted by atomic mass is 35.5. The number of ether oxygens (including phenoxy) is 1. The zero-order chi connectivity index (χ0) is 13.8. The molecule has 0 spiro atoms. The van der Waals surface area contributed by atoms with Crippen molar-refractivity contribution in [3.8, 4) is 11.8 Å². The van der Waals surface area contributed by atoms with Crippen molar-refractivity contribution in [1.82, 2.24) is 0 Å². The summed E-state index contributed by atoms with van der Waals surface area (Å²) in [6.45, 7) is 1.99. The minimum absolute atomic E-state index is 0.0702. The fourth-order valence-electron chi connectivity index (χ4n) is 1.61. The van der Waals surface area contributed by atoms with E-state index >= 15 is 0 Å². The molecular weight excluding hydrogens is 265 g/mol. The third-order valence-corrected chi connectivity index (χ3v) is 2.96. The van der Waals surface area contributed by atoms with Crippen LogP contribution in [0.4, 0.5) is 4.39 Å². The molecule has 96 valence electrons. The molecule has 0 aliphatic carbocycles. The van der Waals surface area contributed by atoms with Crippen molar-refractivity contribution >= 4 is 11.6 Å². The Hall–Kier alpha value is -2.05. The molecule has 0 N–H and O–H groups in total. The third-order valence-electron chi connectivity index (χ3n) is 2.65. The highest BCUT2D eigenvalue weighted by molar-refractivity contribution is 6.32. The molecule has 0 bridgehead atoms. The van der Waals surface area contributed by atoms with Gasteiger partial charge in [0.1, 0.15) is 18.2 Å². The molecule has 0 fully saturated rings. The largest absolute Gasteiger partial charge is 0.487 e. The maximum Gasteiger partial charge on any atom is 0.138 e. The zero-order valence-corrected chi connectivity index (χ0v) is 11.0. The van der Waals surface area contributed by atoms with E-state index in [9.17, 15) is 4.39 Å². The Balaban J connectivity index is 2.15. The molecule has 0 radical (unpaired) electrons. The number of hydrogen-bond acceptors (Lipinski definition) is 2. The van der Waals surface area contributed by atoms with Crippen molar-refractivity contribution in [1.29, 1.82) is 5.26 Å². The molecule has 4 heteroatoms. The fourth-order valence-corrected chi connectivity index (χ4v) is 1.78. The van der Waals surface area contributed by atoms with Crippen molar-refractivity contribution in [3.63, 3.8) is 0 Å². The fraction of sp³-hybridized carbons (Fsp3) is 0.133. The van der Waals surface area contributed by atoms with E-state index in [0.29, 0.717) is 16.3 Å². The van der Waals surface area contributed by atoms with E-state index in [-0.39, 0.29) is 12.2 Å². The van der Waals surface area contributed by atoms with Gasteiger partial charge in [0.15, 0.2) is 0 Å². The predicted molar refractivity (Wildman–Crippen MR) is 71.6 cm³/mol. The average molecular weight is 276 g/mol. The topological polar surface area (TPSA) is 33.0 Å². The van der Waals surface area contributed by atoms with E-state index in [1.54, 1.807) is 18.2 Å². The molecule has 0 saturated heterocycles. The smallest absolute Gasteiger partial charge is 0.138 e. The number of benzene rings is 2. The second kappa shape index (κ2) is 5.73. The van der Waals surface area contributed by atoms with Gasteiger partial charge in [-0.05, 0) is 36.8 Å². The summed E-state index contributed by atoms with van der Waals surface area (Å²) in [4.78, 5) is 0. The van der Waals surface area contributed by atoms with Gasteiger partial charge in [-0.2, -0.15) is 5.26 Å². The van der Waals surface area contributed by atoms with Crippen LogP contribution in [0.15, 0.2) is 36.4 Å². The van der Waals surface area contributed by atoms with Gasteiger partial charge in [-0.25, -0.2) is 4.39 Å². The Morgan fingerprint density at radius 3 is 2.74 bits per heavy atom. The lowest BCUT2D eigenvalue weighted by molar-refractivity contribution is 0.300. The van der Waals surface area contributed by atoms with Gasteiger partial charge in [0.25, 0.3) is 0 Å². The Morgan fingerprint density at radius 1 is 1.26 bits per heavy atom. The van der Waals surface area contributed by atoms with Crippen LogP contribution in [0.25, 0.3) is 0 Å². The summed E-state index contributed by atoms with van der Waals surface area (Å²) in [6.07, 6.45) is 0. The van der Waals surface area contributed by atoms with Crippen LogP contribution >= 0.6 is 11.6 Å². The molecule has 2 aromatic rings. The second-order valence-electron chi connectivity index (χ2n) is 4.14. The molecule has 0 unspecified atom stereocenters. The van der Waals surface area contributed by atoms with E-state index in [1.165, 1.54) is 12.1 Å². The minimum Gasteiger partial charge on any atom is -0.487 e. The van der Waals surface area contributed by atoms with Crippen molar-refractivity contribution in [2.75, 3.05) is 0 Å². The lowest BCUT2D eigenvalue weighted by atomic mass is 10.1. The monoisotopic (exact) mass is 275 g/mol. The SMILES string of the molecule is Cc1ccc(Cl)c(OCc2ccc(C#N)cc2F)c1. The minimum atomic E-state index is -0.456. The lowest BCUT2D eigenvalue weighted by Crippen LogP contribution is -1.99. The summed E-state index contributed by atoms with van der Waals surface area (Å²) in [5, 5.41) is 9.15. The maximum absolute atomic E-state index is 13.7. The molecule has 0 heterocycles. The highest BCUT2D eigenvalue weighted by Gasteiger charge is 2.06. The first-order valence-electron chi connectivity index (χ1n) is 5.67. The molecular formula is C15H11ClFNO. The summed E-state index contributed by atoms with van der Waals surface area (Å²) in [5.74, 6) is 0.0632. The molecule has 0 aliphatic heterocycles. The zero-order valence-electron chi connectivity index (χ0n) is 10.3. The van der Waals surface area contributed by atoms with Crippen LogP contribution in [0.3, 0.4) is 0 Å². The summed E-state index contributed by atoms with van der Waals surface area (Å²) >= 11 is 5.99. The van der Waals surface area contributed by atoms with Crippen LogP contribution in [0.5, 0.6) is 5.75 Å². The van der Waals surface area contributed by atoms with Gasteiger partial charge in [-0.15, -0.1) is 0 Å². The first-order chi connectivity index (χ1) is 9.10. The van der Waals surface area contributed by atoms with Gasteiger partial charge in [0, 0.05) is 5.56 Å². The Bertz CT molecular complexity index is 649. The lowest BCUT2D eigenvalue weighted by Gasteiger charge is -2.09. The molecule has 0 amide bonds. The molecule has 0 saturated carbocycles. The number of nitrogens with zero attached hydrogens (tertiary/aromatic N) is 1. The van der Waals surface area contributed by atoms with Crippen molar-refractivity contribution in [2.45, 2.75) is 13.5 Å². The van der Waals surface area contributed by atoms with Gasteiger partial charge in [0.05, 0.1) is 16.7 Å². The summed E-state index contributed by atoms with van der Waals surface area (Å²) in [6, 6.07) is 11.6. The molecule has 2 aromatic carbocycles. The van der Waals surface area contributed by atoms with Crippen LogP contribution in [0, 0.1) is 24.1 Å². The molecule has 0 atom stereocenters. The van der Waals surface area contributed by atoms with Crippen LogP contribution in [-0.4, -0.2) is 0 Å². The van der Waals surface area contributed by atoms with Gasteiger partial charge < -0.3 is 4.74 Å². The number of aryl methyl sites for hydroxylation is 1. The molecule has 19 heavy (non-hydrogen) atoms. The van der Waals surface area contributed by atoms with Gasteiger partial charge >= 0.3 is 0 Å². The van der Waals surface area contributed by atoms with Gasteiger partial charge in [-0.1, -0.05) is 23.7 Å². The number of rotatable bonds is 3. The standard InChI is InChI=1S/C15H11ClFNO/c1-10-2-5-13(16)15(6-10)19-9-12-4-3-11(8-18)7-14(12)17/h2-7H,9H2,1H3. The van der Waals surface area contributed by atoms with E-state index < -0.39 is 5.82 Å². The predicted octanol–water partition coefficient (Wildman–Crippen LogP) is 4.24. The van der Waals surface area contributed by atoms with Crippen LogP contribution in [0.2, 0.25) is 5.02 Å². The van der Waals surface area contributed by atoms with Crippen LogP contribution in [0.1, 0.15) is 16.7 Å². The molecule has 2 nitrogen and oxygen atoms in total. The summed E-state index contributed by atoms with van der Waals surface area (Å²) in [5.41, 5.74) is 1.69. The van der Waals surface area contributed by atoms with Gasteiger partial charge in [0.2, 0.25) is 0 Å². The molecule has 0 aliphatic rings. The Kier molecular flexibility index (Phi) is 4.03. The summed E-state index contributed by atoms with van der Waals surface area (Å²) in [7, 11) is 0. The normalized spacial score (nSPS) is 10.0. The van der Waals surface area contributed by atoms with Crippen LogP contribution in [-0.2, 0) is 6.61 Å². The maximum atomic E-state index is 13.7.